The Morgan fingerprint density at radius 2 is 1.78 bits per heavy atom. The van der Waals surface area contributed by atoms with Gasteiger partial charge in [0.25, 0.3) is 0 Å². The van der Waals surface area contributed by atoms with Gasteiger partial charge in [-0.25, -0.2) is 4.79 Å². The number of benzene rings is 2. The molecule has 0 spiro atoms. The van der Waals surface area contributed by atoms with E-state index in [4.69, 9.17) is 0 Å². The topological polar surface area (TPSA) is 66.9 Å². The molecule has 0 aromatic heterocycles. The molecular formula is C21H22N2O4. The Kier molecular flexibility index (Phi) is 5.54. The zero-order valence-corrected chi connectivity index (χ0v) is 15.4. The Bertz CT molecular complexity index is 833. The summed E-state index contributed by atoms with van der Waals surface area (Å²) in [5.74, 6) is -0.926. The first-order chi connectivity index (χ1) is 13.0. The van der Waals surface area contributed by atoms with Gasteiger partial charge in [0.05, 0.1) is 18.6 Å². The largest absolute Gasteiger partial charge is 0.465 e. The second-order valence-electron chi connectivity index (χ2n) is 6.62. The summed E-state index contributed by atoms with van der Waals surface area (Å²) in [4.78, 5) is 39.9. The van der Waals surface area contributed by atoms with Gasteiger partial charge in [0.1, 0.15) is 0 Å². The van der Waals surface area contributed by atoms with Gasteiger partial charge in [-0.05, 0) is 29.8 Å². The third kappa shape index (κ3) is 4.16. The Hall–Kier alpha value is -3.15. The van der Waals surface area contributed by atoms with Gasteiger partial charge in [0.15, 0.2) is 0 Å². The average Bonchev–Trinajstić information content (AvgIpc) is 3.09. The Morgan fingerprint density at radius 3 is 2.41 bits per heavy atom. The first-order valence-electron chi connectivity index (χ1n) is 8.77. The molecule has 0 saturated carbocycles. The van der Waals surface area contributed by atoms with Crippen LogP contribution in [0.5, 0.6) is 0 Å². The van der Waals surface area contributed by atoms with Gasteiger partial charge in [0.2, 0.25) is 11.8 Å². The van der Waals surface area contributed by atoms with Gasteiger partial charge >= 0.3 is 5.97 Å². The maximum atomic E-state index is 12.7. The molecule has 0 N–H and O–H groups in total. The van der Waals surface area contributed by atoms with Crippen molar-refractivity contribution in [1.29, 1.82) is 0 Å². The van der Waals surface area contributed by atoms with Crippen molar-refractivity contribution < 1.29 is 19.1 Å². The van der Waals surface area contributed by atoms with Crippen molar-refractivity contribution in [3.05, 3.63) is 65.7 Å². The summed E-state index contributed by atoms with van der Waals surface area (Å²) in [6, 6.07) is 16.4. The fraction of sp³-hybridized carbons (Fsp3) is 0.286. The summed E-state index contributed by atoms with van der Waals surface area (Å²) in [7, 11) is 3.08. The highest BCUT2D eigenvalue weighted by Crippen LogP contribution is 2.27. The molecule has 3 rings (SSSR count). The summed E-state index contributed by atoms with van der Waals surface area (Å²) >= 11 is 0. The van der Waals surface area contributed by atoms with Gasteiger partial charge in [-0.3, -0.25) is 9.59 Å². The number of carbonyl (C=O) groups is 3. The lowest BCUT2D eigenvalue weighted by Gasteiger charge is -2.21. The lowest BCUT2D eigenvalue weighted by atomic mass is 10.1. The maximum Gasteiger partial charge on any atom is 0.337 e. The number of rotatable bonds is 5. The number of hydrogen-bond donors (Lipinski definition) is 0. The minimum atomic E-state index is -0.426. The van der Waals surface area contributed by atoms with Crippen LogP contribution >= 0.6 is 0 Å². The van der Waals surface area contributed by atoms with Crippen LogP contribution in [0.25, 0.3) is 0 Å². The van der Waals surface area contributed by atoms with Gasteiger partial charge < -0.3 is 14.5 Å². The third-order valence-corrected chi connectivity index (χ3v) is 4.71. The second kappa shape index (κ2) is 8.03. The second-order valence-corrected chi connectivity index (χ2v) is 6.62. The molecule has 1 heterocycles. The summed E-state index contributed by atoms with van der Waals surface area (Å²) in [6.45, 7) is 0.854. The van der Waals surface area contributed by atoms with Gasteiger partial charge in [-0.1, -0.05) is 30.3 Å². The highest BCUT2D eigenvalue weighted by Gasteiger charge is 2.36. The first-order valence-corrected chi connectivity index (χ1v) is 8.77. The predicted octanol–water partition coefficient (Wildman–Crippen LogP) is 2.48. The summed E-state index contributed by atoms with van der Waals surface area (Å²) in [5.41, 5.74) is 2.14. The third-order valence-electron chi connectivity index (χ3n) is 4.71. The molecule has 2 aromatic rings. The normalized spacial score (nSPS) is 16.3. The van der Waals surface area contributed by atoms with E-state index in [1.54, 1.807) is 41.1 Å². The lowest BCUT2D eigenvalue weighted by molar-refractivity contribution is -0.135. The standard InChI is InChI=1S/C21H22N2O4/c1-22(13-15-6-4-3-5-7-15)20(25)17-12-19(24)23(14-17)18-10-8-16(9-11-18)21(26)27-2/h3-11,17H,12-14H2,1-2H3. The molecule has 1 fully saturated rings. The quantitative estimate of drug-likeness (QED) is 0.763. The minimum Gasteiger partial charge on any atom is -0.465 e. The van der Waals surface area contributed by atoms with Crippen molar-refractivity contribution in [1.82, 2.24) is 4.90 Å². The molecule has 2 amide bonds. The van der Waals surface area contributed by atoms with Gasteiger partial charge in [-0.2, -0.15) is 0 Å². The first kappa shape index (κ1) is 18.6. The van der Waals surface area contributed by atoms with E-state index < -0.39 is 5.97 Å². The van der Waals surface area contributed by atoms with Crippen LogP contribution in [-0.4, -0.2) is 43.4 Å². The predicted molar refractivity (Wildman–Crippen MR) is 101 cm³/mol. The van der Waals surface area contributed by atoms with E-state index >= 15 is 0 Å². The SMILES string of the molecule is COC(=O)c1ccc(N2CC(C(=O)N(C)Cc3ccccc3)CC2=O)cc1. The minimum absolute atomic E-state index is 0.0408. The van der Waals surface area contributed by atoms with E-state index in [1.165, 1.54) is 7.11 Å². The molecule has 0 aliphatic carbocycles. The molecule has 6 heteroatoms. The zero-order chi connectivity index (χ0) is 19.4. The van der Waals surface area contributed by atoms with Crippen molar-refractivity contribution in [3.63, 3.8) is 0 Å². The van der Waals surface area contributed by atoms with Crippen LogP contribution in [0.4, 0.5) is 5.69 Å². The maximum absolute atomic E-state index is 12.7. The van der Waals surface area contributed by atoms with Gasteiger partial charge in [-0.15, -0.1) is 0 Å². The highest BCUT2D eigenvalue weighted by atomic mass is 16.5. The van der Waals surface area contributed by atoms with Crippen LogP contribution in [-0.2, 0) is 20.9 Å². The fourth-order valence-electron chi connectivity index (χ4n) is 3.26. The number of amides is 2. The van der Waals surface area contributed by atoms with Gasteiger partial charge in [0, 0.05) is 32.2 Å². The molecule has 1 unspecified atom stereocenters. The van der Waals surface area contributed by atoms with Crippen molar-refractivity contribution >= 4 is 23.5 Å². The van der Waals surface area contributed by atoms with Crippen LogP contribution < -0.4 is 4.90 Å². The lowest BCUT2D eigenvalue weighted by Crippen LogP contribution is -2.34. The van der Waals surface area contributed by atoms with Crippen molar-refractivity contribution in [2.24, 2.45) is 5.92 Å². The molecule has 1 saturated heterocycles. The fourth-order valence-corrected chi connectivity index (χ4v) is 3.26. The molecule has 1 atom stereocenters. The van der Waals surface area contributed by atoms with Crippen LogP contribution in [0.1, 0.15) is 22.3 Å². The number of hydrogen-bond acceptors (Lipinski definition) is 4. The van der Waals surface area contributed by atoms with E-state index in [9.17, 15) is 14.4 Å². The number of nitrogens with zero attached hydrogens (tertiary/aromatic N) is 2. The van der Waals surface area contributed by atoms with Crippen LogP contribution in [0.3, 0.4) is 0 Å². The number of carbonyl (C=O) groups excluding carboxylic acids is 3. The summed E-state index contributed by atoms with van der Waals surface area (Å²) < 4.78 is 4.68. The molecule has 2 aromatic carbocycles. The number of methoxy groups -OCH3 is 1. The van der Waals surface area contributed by atoms with E-state index in [2.05, 4.69) is 4.74 Å². The molecule has 0 bridgehead atoms. The number of anilines is 1. The van der Waals surface area contributed by atoms with Crippen LogP contribution in [0.15, 0.2) is 54.6 Å². The molecule has 1 aliphatic rings. The highest BCUT2D eigenvalue weighted by molar-refractivity contribution is 6.00. The summed E-state index contributed by atoms with van der Waals surface area (Å²) in [6.07, 6.45) is 0.191. The summed E-state index contributed by atoms with van der Waals surface area (Å²) in [5, 5.41) is 0. The van der Waals surface area contributed by atoms with Crippen molar-refractivity contribution in [2.45, 2.75) is 13.0 Å². The molecule has 140 valence electrons. The molecule has 1 aliphatic heterocycles. The Balaban J connectivity index is 1.66. The smallest absolute Gasteiger partial charge is 0.337 e. The zero-order valence-electron chi connectivity index (χ0n) is 15.4. The molecule has 27 heavy (non-hydrogen) atoms. The van der Waals surface area contributed by atoms with E-state index in [-0.39, 0.29) is 24.2 Å². The van der Waals surface area contributed by atoms with Crippen LogP contribution in [0.2, 0.25) is 0 Å². The van der Waals surface area contributed by atoms with Crippen molar-refractivity contribution in [3.8, 4) is 0 Å². The number of esters is 1. The Labute approximate surface area is 158 Å². The van der Waals surface area contributed by atoms with Crippen LogP contribution in [0, 0.1) is 5.92 Å². The Morgan fingerprint density at radius 1 is 1.11 bits per heavy atom. The molecule has 6 nitrogen and oxygen atoms in total. The van der Waals surface area contributed by atoms with E-state index in [0.717, 1.165) is 5.56 Å². The average molecular weight is 366 g/mol. The van der Waals surface area contributed by atoms with Crippen molar-refractivity contribution in [2.75, 3.05) is 25.6 Å². The monoisotopic (exact) mass is 366 g/mol. The molecule has 0 radical (unpaired) electrons. The number of ether oxygens (including phenoxy) is 1. The molecular weight excluding hydrogens is 344 g/mol. The van der Waals surface area contributed by atoms with E-state index in [1.807, 2.05) is 30.3 Å². The van der Waals surface area contributed by atoms with E-state index in [0.29, 0.717) is 24.3 Å².